The van der Waals surface area contributed by atoms with E-state index in [2.05, 4.69) is 4.98 Å². The van der Waals surface area contributed by atoms with Crippen molar-refractivity contribution < 1.29 is 22.7 Å². The first kappa shape index (κ1) is 20.1. The van der Waals surface area contributed by atoms with Crippen molar-refractivity contribution in [2.45, 2.75) is 31.5 Å². The van der Waals surface area contributed by atoms with Crippen LogP contribution in [-0.4, -0.2) is 35.5 Å². The van der Waals surface area contributed by atoms with E-state index in [1.807, 2.05) is 24.3 Å². The van der Waals surface area contributed by atoms with Gasteiger partial charge in [-0.1, -0.05) is 30.3 Å². The van der Waals surface area contributed by atoms with Crippen LogP contribution in [0.4, 0.5) is 13.2 Å². The first-order valence-electron chi connectivity index (χ1n) is 10.6. The first-order valence-corrected chi connectivity index (χ1v) is 10.6. The monoisotopic (exact) mass is 428 g/mol. The highest BCUT2D eigenvalue weighted by molar-refractivity contribution is 5.87. The zero-order valence-electron chi connectivity index (χ0n) is 16.9. The van der Waals surface area contributed by atoms with Gasteiger partial charge >= 0.3 is 6.18 Å². The predicted molar refractivity (Wildman–Crippen MR) is 111 cm³/mol. The molecule has 1 fully saturated rings. The third kappa shape index (κ3) is 3.61. The van der Waals surface area contributed by atoms with E-state index in [1.54, 1.807) is 11.0 Å². The number of aromatic amines is 1. The number of hydrogen-bond acceptors (Lipinski definition) is 2. The molecule has 1 atom stereocenters. The molecule has 162 valence electrons. The van der Waals surface area contributed by atoms with E-state index in [4.69, 9.17) is 4.74 Å². The zero-order chi connectivity index (χ0) is 21.6. The summed E-state index contributed by atoms with van der Waals surface area (Å²) in [6, 6.07) is 12.6. The topological polar surface area (TPSA) is 45.3 Å². The maximum Gasteiger partial charge on any atom is 0.416 e. The van der Waals surface area contributed by atoms with Gasteiger partial charge in [0, 0.05) is 42.3 Å². The molecule has 0 bridgehead atoms. The van der Waals surface area contributed by atoms with Crippen molar-refractivity contribution >= 4 is 16.8 Å². The summed E-state index contributed by atoms with van der Waals surface area (Å²) in [5.74, 6) is -0.164. The van der Waals surface area contributed by atoms with Gasteiger partial charge < -0.3 is 14.6 Å². The second-order valence-corrected chi connectivity index (χ2v) is 8.26. The molecule has 3 aromatic rings. The number of halogens is 3. The molecule has 0 spiro atoms. The maximum absolute atomic E-state index is 13.5. The van der Waals surface area contributed by atoms with E-state index in [1.165, 1.54) is 12.1 Å². The molecule has 1 unspecified atom stereocenters. The molecule has 1 aromatic heterocycles. The minimum atomic E-state index is -4.44. The molecule has 3 heterocycles. The number of benzene rings is 2. The standard InChI is InChI=1S/C24H23F3N2O2/c25-24(26,27)17-5-3-4-16(14-17)22-21-19(18-6-1-2-7-20(18)28-21)8-11-29(22)23(30)15-9-12-31-13-10-15/h1-7,14-15,22,28H,8-13H2. The zero-order valence-corrected chi connectivity index (χ0v) is 16.9. The van der Waals surface area contributed by atoms with Crippen LogP contribution in [0.1, 0.15) is 41.3 Å². The Balaban J connectivity index is 1.63. The van der Waals surface area contributed by atoms with E-state index in [0.717, 1.165) is 28.2 Å². The highest BCUT2D eigenvalue weighted by Crippen LogP contribution is 2.41. The minimum absolute atomic E-state index is 0.00461. The van der Waals surface area contributed by atoms with Gasteiger partial charge in [0.05, 0.1) is 11.6 Å². The van der Waals surface area contributed by atoms with Gasteiger partial charge in [-0.25, -0.2) is 0 Å². The van der Waals surface area contributed by atoms with Gasteiger partial charge in [0.25, 0.3) is 0 Å². The van der Waals surface area contributed by atoms with Gasteiger partial charge in [-0.3, -0.25) is 4.79 Å². The number of carbonyl (C=O) groups excluding carboxylic acids is 1. The van der Waals surface area contributed by atoms with E-state index in [-0.39, 0.29) is 11.8 Å². The Bertz CT molecular complexity index is 1120. The van der Waals surface area contributed by atoms with Crippen LogP contribution in [-0.2, 0) is 22.1 Å². The summed E-state index contributed by atoms with van der Waals surface area (Å²) in [7, 11) is 0. The Morgan fingerprint density at radius 2 is 1.84 bits per heavy atom. The number of hydrogen-bond donors (Lipinski definition) is 1. The van der Waals surface area contributed by atoms with Crippen molar-refractivity contribution in [1.82, 2.24) is 9.88 Å². The second kappa shape index (κ2) is 7.71. The number of H-pyrrole nitrogens is 1. The smallest absolute Gasteiger partial charge is 0.381 e. The molecule has 7 heteroatoms. The summed E-state index contributed by atoms with van der Waals surface area (Å²) in [5.41, 5.74) is 2.60. The quantitative estimate of drug-likeness (QED) is 0.618. The molecule has 4 nitrogen and oxygen atoms in total. The Morgan fingerprint density at radius 1 is 1.06 bits per heavy atom. The SMILES string of the molecule is O=C(C1CCOCC1)N1CCc2c([nH]c3ccccc23)C1c1cccc(C(F)(F)F)c1. The highest BCUT2D eigenvalue weighted by Gasteiger charge is 2.39. The summed E-state index contributed by atoms with van der Waals surface area (Å²) in [6.07, 6.45) is -2.48. The molecule has 0 radical (unpaired) electrons. The Hall–Kier alpha value is -2.80. The number of alkyl halides is 3. The van der Waals surface area contributed by atoms with Crippen molar-refractivity contribution in [3.05, 3.63) is 70.9 Å². The summed E-state index contributed by atoms with van der Waals surface area (Å²) in [4.78, 5) is 18.7. The van der Waals surface area contributed by atoms with Gasteiger partial charge in [-0.2, -0.15) is 13.2 Å². The Morgan fingerprint density at radius 3 is 2.61 bits per heavy atom. The first-order chi connectivity index (χ1) is 14.9. The number of fused-ring (bicyclic) bond motifs is 3. The predicted octanol–water partition coefficient (Wildman–Crippen LogP) is 5.09. The molecule has 0 aliphatic carbocycles. The van der Waals surface area contributed by atoms with Gasteiger partial charge in [-0.15, -0.1) is 0 Å². The summed E-state index contributed by atoms with van der Waals surface area (Å²) in [5, 5.41) is 1.06. The van der Waals surface area contributed by atoms with Crippen molar-refractivity contribution in [2.75, 3.05) is 19.8 Å². The number of aromatic nitrogens is 1. The fourth-order valence-corrected chi connectivity index (χ4v) is 4.89. The minimum Gasteiger partial charge on any atom is -0.381 e. The molecule has 1 N–H and O–H groups in total. The number of amides is 1. The van der Waals surface area contributed by atoms with Crippen molar-refractivity contribution in [1.29, 1.82) is 0 Å². The average molecular weight is 428 g/mol. The molecule has 2 aliphatic heterocycles. The van der Waals surface area contributed by atoms with E-state index in [9.17, 15) is 18.0 Å². The van der Waals surface area contributed by atoms with Gasteiger partial charge in [0.15, 0.2) is 0 Å². The number of carbonyl (C=O) groups is 1. The van der Waals surface area contributed by atoms with Crippen LogP contribution in [0.25, 0.3) is 10.9 Å². The van der Waals surface area contributed by atoms with E-state index in [0.29, 0.717) is 44.6 Å². The van der Waals surface area contributed by atoms with Crippen LogP contribution >= 0.6 is 0 Å². The fourth-order valence-electron chi connectivity index (χ4n) is 4.89. The average Bonchev–Trinajstić information content (AvgIpc) is 3.17. The molecular formula is C24H23F3N2O2. The lowest BCUT2D eigenvalue weighted by Gasteiger charge is -2.39. The van der Waals surface area contributed by atoms with Crippen LogP contribution in [0, 0.1) is 5.92 Å². The number of rotatable bonds is 2. The van der Waals surface area contributed by atoms with Crippen LogP contribution < -0.4 is 0 Å². The molecule has 31 heavy (non-hydrogen) atoms. The number of ether oxygens (including phenoxy) is 1. The Kier molecular flexibility index (Phi) is 5.01. The molecule has 2 aliphatic rings. The van der Waals surface area contributed by atoms with E-state index >= 15 is 0 Å². The lowest BCUT2D eigenvalue weighted by molar-refractivity contribution is -0.140. The van der Waals surface area contributed by atoms with Crippen LogP contribution in [0.15, 0.2) is 48.5 Å². The lowest BCUT2D eigenvalue weighted by atomic mass is 9.89. The summed E-state index contributed by atoms with van der Waals surface area (Å²) < 4.78 is 45.7. The molecule has 5 rings (SSSR count). The molecular weight excluding hydrogens is 405 g/mol. The van der Waals surface area contributed by atoms with Crippen molar-refractivity contribution in [3.63, 3.8) is 0 Å². The number of para-hydroxylation sites is 1. The third-order valence-corrected chi connectivity index (χ3v) is 6.42. The van der Waals surface area contributed by atoms with Gasteiger partial charge in [-0.05, 0) is 48.6 Å². The fraction of sp³-hybridized carbons (Fsp3) is 0.375. The van der Waals surface area contributed by atoms with Crippen LogP contribution in [0.2, 0.25) is 0 Å². The largest absolute Gasteiger partial charge is 0.416 e. The maximum atomic E-state index is 13.5. The highest BCUT2D eigenvalue weighted by atomic mass is 19.4. The molecule has 1 amide bonds. The summed E-state index contributed by atoms with van der Waals surface area (Å²) >= 11 is 0. The van der Waals surface area contributed by atoms with Crippen molar-refractivity contribution in [3.8, 4) is 0 Å². The third-order valence-electron chi connectivity index (χ3n) is 6.42. The summed E-state index contributed by atoms with van der Waals surface area (Å²) in [6.45, 7) is 1.55. The van der Waals surface area contributed by atoms with E-state index < -0.39 is 17.8 Å². The molecule has 2 aromatic carbocycles. The van der Waals surface area contributed by atoms with Crippen LogP contribution in [0.5, 0.6) is 0 Å². The normalized spacial score (nSPS) is 20.1. The number of nitrogens with one attached hydrogen (secondary N) is 1. The second-order valence-electron chi connectivity index (χ2n) is 8.26. The van der Waals surface area contributed by atoms with Gasteiger partial charge in [0.2, 0.25) is 5.91 Å². The molecule has 0 saturated carbocycles. The van der Waals surface area contributed by atoms with Crippen molar-refractivity contribution in [2.24, 2.45) is 5.92 Å². The molecule has 1 saturated heterocycles. The lowest BCUT2D eigenvalue weighted by Crippen LogP contribution is -2.44. The van der Waals surface area contributed by atoms with Gasteiger partial charge in [0.1, 0.15) is 0 Å². The Labute approximate surface area is 178 Å². The number of nitrogens with zero attached hydrogens (tertiary/aromatic N) is 1. The van der Waals surface area contributed by atoms with Crippen LogP contribution in [0.3, 0.4) is 0 Å².